The summed E-state index contributed by atoms with van der Waals surface area (Å²) in [5, 5.41) is 0. The normalized spacial score (nSPS) is 22.3. The van der Waals surface area contributed by atoms with E-state index in [0.717, 1.165) is 12.5 Å². The summed E-state index contributed by atoms with van der Waals surface area (Å²) in [7, 11) is 2.86. The molecular formula is C14H17FO4. The summed E-state index contributed by atoms with van der Waals surface area (Å²) in [5.74, 6) is -0.397. The van der Waals surface area contributed by atoms with Crippen molar-refractivity contribution in [3.8, 4) is 11.5 Å². The van der Waals surface area contributed by atoms with Gasteiger partial charge in [-0.3, -0.25) is 4.79 Å². The largest absolute Gasteiger partial charge is 0.493 e. The van der Waals surface area contributed by atoms with E-state index in [1.807, 2.05) is 0 Å². The van der Waals surface area contributed by atoms with Crippen molar-refractivity contribution in [3.05, 3.63) is 23.5 Å². The van der Waals surface area contributed by atoms with Crippen molar-refractivity contribution >= 4 is 5.78 Å². The van der Waals surface area contributed by atoms with E-state index < -0.39 is 11.4 Å². The van der Waals surface area contributed by atoms with Crippen molar-refractivity contribution in [2.24, 2.45) is 0 Å². The minimum Gasteiger partial charge on any atom is -0.493 e. The molecule has 5 heteroatoms. The molecule has 1 aliphatic rings. The first kappa shape index (κ1) is 13.8. The van der Waals surface area contributed by atoms with Crippen LogP contribution >= 0.6 is 0 Å². The highest BCUT2D eigenvalue weighted by atomic mass is 19.1. The Bertz CT molecular complexity index is 492. The summed E-state index contributed by atoms with van der Waals surface area (Å²) in [5.41, 5.74) is -0.970. The standard InChI is InChI=1S/C14H17FO4/c1-14(5-4-6-19-14)13(16)9-7-11(17-2)12(18-3)8-10(9)15/h7-8H,4-6H2,1-3H3. The third kappa shape index (κ3) is 2.42. The van der Waals surface area contributed by atoms with Crippen LogP contribution in [0.25, 0.3) is 0 Å². The molecule has 1 unspecified atom stereocenters. The van der Waals surface area contributed by atoms with Crippen LogP contribution in [0.5, 0.6) is 11.5 Å². The molecule has 1 saturated heterocycles. The van der Waals surface area contributed by atoms with Crippen LogP contribution in [-0.2, 0) is 4.74 Å². The second-order valence-corrected chi connectivity index (χ2v) is 4.70. The minimum absolute atomic E-state index is 0.0259. The summed E-state index contributed by atoms with van der Waals surface area (Å²) in [6.07, 6.45) is 1.40. The minimum atomic E-state index is -0.944. The molecule has 0 radical (unpaired) electrons. The van der Waals surface area contributed by atoms with Gasteiger partial charge in [-0.05, 0) is 25.8 Å². The third-order valence-corrected chi connectivity index (χ3v) is 3.42. The SMILES string of the molecule is COc1cc(F)c(C(=O)C2(C)CCCO2)cc1OC. The van der Waals surface area contributed by atoms with Crippen molar-refractivity contribution in [1.29, 1.82) is 0 Å². The van der Waals surface area contributed by atoms with E-state index in [0.29, 0.717) is 18.8 Å². The van der Waals surface area contributed by atoms with Gasteiger partial charge in [0.2, 0.25) is 0 Å². The molecule has 1 aromatic rings. The molecule has 1 heterocycles. The van der Waals surface area contributed by atoms with E-state index in [1.54, 1.807) is 6.92 Å². The van der Waals surface area contributed by atoms with Gasteiger partial charge in [-0.25, -0.2) is 4.39 Å². The molecule has 0 saturated carbocycles. The van der Waals surface area contributed by atoms with Gasteiger partial charge in [0.1, 0.15) is 11.4 Å². The Hall–Kier alpha value is -1.62. The van der Waals surface area contributed by atoms with Crippen LogP contribution in [0.4, 0.5) is 4.39 Å². The molecule has 1 fully saturated rings. The van der Waals surface area contributed by atoms with Crippen LogP contribution in [0.15, 0.2) is 12.1 Å². The topological polar surface area (TPSA) is 44.8 Å². The van der Waals surface area contributed by atoms with Crippen molar-refractivity contribution in [2.45, 2.75) is 25.4 Å². The van der Waals surface area contributed by atoms with Gasteiger partial charge in [0.15, 0.2) is 17.3 Å². The van der Waals surface area contributed by atoms with Gasteiger partial charge < -0.3 is 14.2 Å². The Labute approximate surface area is 111 Å². The average molecular weight is 268 g/mol. The molecule has 0 aromatic heterocycles. The zero-order valence-electron chi connectivity index (χ0n) is 11.3. The Balaban J connectivity index is 2.42. The maximum absolute atomic E-state index is 14.0. The van der Waals surface area contributed by atoms with E-state index >= 15 is 0 Å². The molecule has 1 aromatic carbocycles. The van der Waals surface area contributed by atoms with Crippen LogP contribution in [0.2, 0.25) is 0 Å². The molecule has 0 bridgehead atoms. The van der Waals surface area contributed by atoms with Gasteiger partial charge in [-0.15, -0.1) is 0 Å². The smallest absolute Gasteiger partial charge is 0.197 e. The van der Waals surface area contributed by atoms with Gasteiger partial charge in [-0.2, -0.15) is 0 Å². The second kappa shape index (κ2) is 5.17. The molecule has 4 nitrogen and oxygen atoms in total. The summed E-state index contributed by atoms with van der Waals surface area (Å²) in [6.45, 7) is 2.22. The van der Waals surface area contributed by atoms with E-state index in [-0.39, 0.29) is 17.1 Å². The number of hydrogen-bond donors (Lipinski definition) is 0. The van der Waals surface area contributed by atoms with Crippen LogP contribution < -0.4 is 9.47 Å². The van der Waals surface area contributed by atoms with Crippen LogP contribution in [-0.4, -0.2) is 32.2 Å². The predicted molar refractivity (Wildman–Crippen MR) is 67.4 cm³/mol. The lowest BCUT2D eigenvalue weighted by molar-refractivity contribution is 0.0209. The molecule has 19 heavy (non-hydrogen) atoms. The van der Waals surface area contributed by atoms with Crippen LogP contribution in [0, 0.1) is 5.82 Å². The Morgan fingerprint density at radius 3 is 2.47 bits per heavy atom. The molecule has 104 valence electrons. The van der Waals surface area contributed by atoms with Gasteiger partial charge in [0, 0.05) is 12.7 Å². The molecule has 1 aliphatic heterocycles. The number of halogens is 1. The highest BCUT2D eigenvalue weighted by Gasteiger charge is 2.39. The number of ether oxygens (including phenoxy) is 3. The zero-order valence-corrected chi connectivity index (χ0v) is 11.3. The molecule has 0 spiro atoms. The highest BCUT2D eigenvalue weighted by molar-refractivity contribution is 6.03. The zero-order chi connectivity index (χ0) is 14.0. The number of ketones is 1. The van der Waals surface area contributed by atoms with Crippen molar-refractivity contribution < 1.29 is 23.4 Å². The van der Waals surface area contributed by atoms with Gasteiger partial charge >= 0.3 is 0 Å². The maximum atomic E-state index is 14.0. The molecule has 0 aliphatic carbocycles. The summed E-state index contributed by atoms with van der Waals surface area (Å²) >= 11 is 0. The number of carbonyl (C=O) groups is 1. The summed E-state index contributed by atoms with van der Waals surface area (Å²) < 4.78 is 29.6. The summed E-state index contributed by atoms with van der Waals surface area (Å²) in [6, 6.07) is 2.52. The molecule has 1 atom stereocenters. The van der Waals surface area contributed by atoms with Crippen molar-refractivity contribution in [3.63, 3.8) is 0 Å². The van der Waals surface area contributed by atoms with E-state index in [4.69, 9.17) is 14.2 Å². The van der Waals surface area contributed by atoms with E-state index in [2.05, 4.69) is 0 Å². The fourth-order valence-electron chi connectivity index (χ4n) is 2.27. The lowest BCUT2D eigenvalue weighted by atomic mass is 9.91. The quantitative estimate of drug-likeness (QED) is 0.787. The molecular weight excluding hydrogens is 251 g/mol. The van der Waals surface area contributed by atoms with Crippen molar-refractivity contribution in [2.75, 3.05) is 20.8 Å². The van der Waals surface area contributed by atoms with Crippen LogP contribution in [0.1, 0.15) is 30.1 Å². The lowest BCUT2D eigenvalue weighted by Gasteiger charge is -2.22. The maximum Gasteiger partial charge on any atom is 0.197 e. The fourth-order valence-corrected chi connectivity index (χ4v) is 2.27. The Morgan fingerprint density at radius 1 is 1.32 bits per heavy atom. The fraction of sp³-hybridized carbons (Fsp3) is 0.500. The third-order valence-electron chi connectivity index (χ3n) is 3.42. The first-order valence-corrected chi connectivity index (χ1v) is 6.12. The number of rotatable bonds is 4. The van der Waals surface area contributed by atoms with Crippen LogP contribution in [0.3, 0.4) is 0 Å². The number of benzene rings is 1. The number of methoxy groups -OCH3 is 2. The van der Waals surface area contributed by atoms with E-state index in [1.165, 1.54) is 20.3 Å². The average Bonchev–Trinajstić information content (AvgIpc) is 2.85. The number of Topliss-reactive ketones (excluding diaryl/α,β-unsaturated/α-hetero) is 1. The monoisotopic (exact) mass is 268 g/mol. The molecule has 0 amide bonds. The first-order chi connectivity index (χ1) is 9.01. The summed E-state index contributed by atoms with van der Waals surface area (Å²) in [4.78, 5) is 12.4. The number of hydrogen-bond acceptors (Lipinski definition) is 4. The first-order valence-electron chi connectivity index (χ1n) is 6.12. The van der Waals surface area contributed by atoms with Crippen molar-refractivity contribution in [1.82, 2.24) is 0 Å². The Kier molecular flexibility index (Phi) is 3.75. The second-order valence-electron chi connectivity index (χ2n) is 4.70. The molecule has 2 rings (SSSR count). The number of carbonyl (C=O) groups excluding carboxylic acids is 1. The molecule has 0 N–H and O–H groups in total. The Morgan fingerprint density at radius 2 is 1.95 bits per heavy atom. The van der Waals surface area contributed by atoms with Gasteiger partial charge in [-0.1, -0.05) is 0 Å². The lowest BCUT2D eigenvalue weighted by Crippen LogP contribution is -2.34. The van der Waals surface area contributed by atoms with E-state index in [9.17, 15) is 9.18 Å². The highest BCUT2D eigenvalue weighted by Crippen LogP contribution is 2.34. The van der Waals surface area contributed by atoms with Gasteiger partial charge in [0.05, 0.1) is 19.8 Å². The van der Waals surface area contributed by atoms with Gasteiger partial charge in [0.25, 0.3) is 0 Å². The predicted octanol–water partition coefficient (Wildman–Crippen LogP) is 2.59.